The van der Waals surface area contributed by atoms with Gasteiger partial charge in [-0.2, -0.15) is 0 Å². The normalized spacial score (nSPS) is 13.5. The standard InChI is InChI=1S/C21H20FN3O2S/c22-16-10-7-15(8-11-16)9-12-19(26)24-21(28)23-18-6-2-1-5-17(18)20(27)25-13-3-4-14-25/h1-2,5-12H,3-4,13-14H2,(H2,23,24,26,28). The first-order chi connectivity index (χ1) is 13.5. The predicted molar refractivity (Wildman–Crippen MR) is 111 cm³/mol. The highest BCUT2D eigenvalue weighted by Crippen LogP contribution is 2.20. The Hall–Kier alpha value is -3.06. The molecule has 1 aliphatic heterocycles. The molecule has 2 amide bonds. The van der Waals surface area contributed by atoms with Crippen molar-refractivity contribution in [2.24, 2.45) is 0 Å². The lowest BCUT2D eigenvalue weighted by molar-refractivity contribution is -0.115. The zero-order valence-electron chi connectivity index (χ0n) is 15.2. The minimum Gasteiger partial charge on any atom is -0.339 e. The van der Waals surface area contributed by atoms with Crippen LogP contribution in [0.25, 0.3) is 6.08 Å². The maximum atomic E-state index is 12.9. The molecule has 0 aromatic heterocycles. The Morgan fingerprint density at radius 3 is 2.43 bits per heavy atom. The fourth-order valence-electron chi connectivity index (χ4n) is 2.92. The van der Waals surface area contributed by atoms with Crippen LogP contribution in [0.3, 0.4) is 0 Å². The number of nitrogens with zero attached hydrogens (tertiary/aromatic N) is 1. The first-order valence-electron chi connectivity index (χ1n) is 8.97. The van der Waals surface area contributed by atoms with Crippen LogP contribution in [0.5, 0.6) is 0 Å². The molecule has 0 aliphatic carbocycles. The monoisotopic (exact) mass is 397 g/mol. The van der Waals surface area contributed by atoms with E-state index in [0.717, 1.165) is 25.9 Å². The summed E-state index contributed by atoms with van der Waals surface area (Å²) in [6, 6.07) is 12.8. The number of halogens is 1. The summed E-state index contributed by atoms with van der Waals surface area (Å²) in [5.41, 5.74) is 1.76. The SMILES string of the molecule is O=C(C=Cc1ccc(F)cc1)NC(=S)Nc1ccccc1C(=O)N1CCCC1. The summed E-state index contributed by atoms with van der Waals surface area (Å²) in [4.78, 5) is 26.5. The highest BCUT2D eigenvalue weighted by atomic mass is 32.1. The molecule has 28 heavy (non-hydrogen) atoms. The molecule has 1 fully saturated rings. The lowest BCUT2D eigenvalue weighted by Gasteiger charge is -2.18. The third-order valence-corrected chi connectivity index (χ3v) is 4.54. The predicted octanol–water partition coefficient (Wildman–Crippen LogP) is 3.59. The van der Waals surface area contributed by atoms with E-state index in [9.17, 15) is 14.0 Å². The van der Waals surface area contributed by atoms with Gasteiger partial charge in [-0.15, -0.1) is 0 Å². The van der Waals surface area contributed by atoms with Crippen molar-refractivity contribution in [1.29, 1.82) is 0 Å². The largest absolute Gasteiger partial charge is 0.339 e. The first-order valence-corrected chi connectivity index (χ1v) is 9.38. The Balaban J connectivity index is 1.61. The van der Waals surface area contributed by atoms with Crippen molar-refractivity contribution >= 4 is 40.9 Å². The molecule has 144 valence electrons. The molecule has 0 spiro atoms. The van der Waals surface area contributed by atoms with Gasteiger partial charge >= 0.3 is 0 Å². The molecule has 0 bridgehead atoms. The average molecular weight is 397 g/mol. The molecular weight excluding hydrogens is 377 g/mol. The van der Waals surface area contributed by atoms with Crippen LogP contribution in [0.4, 0.5) is 10.1 Å². The van der Waals surface area contributed by atoms with Crippen molar-refractivity contribution in [3.05, 3.63) is 71.6 Å². The summed E-state index contributed by atoms with van der Waals surface area (Å²) in [6.07, 6.45) is 4.89. The Bertz CT molecular complexity index is 906. The smallest absolute Gasteiger partial charge is 0.255 e. The molecule has 3 rings (SSSR count). The third-order valence-electron chi connectivity index (χ3n) is 4.33. The van der Waals surface area contributed by atoms with E-state index in [4.69, 9.17) is 12.2 Å². The summed E-state index contributed by atoms with van der Waals surface area (Å²) in [5, 5.41) is 5.55. The quantitative estimate of drug-likeness (QED) is 0.611. The van der Waals surface area contributed by atoms with Gasteiger partial charge in [0.15, 0.2) is 5.11 Å². The van der Waals surface area contributed by atoms with E-state index in [1.54, 1.807) is 42.5 Å². The number of amides is 2. The number of hydrogen-bond acceptors (Lipinski definition) is 3. The molecule has 2 N–H and O–H groups in total. The summed E-state index contributed by atoms with van der Waals surface area (Å²) in [6.45, 7) is 1.51. The third kappa shape index (κ3) is 5.23. The Labute approximate surface area is 168 Å². The second-order valence-electron chi connectivity index (χ2n) is 6.37. The number of benzene rings is 2. The number of anilines is 1. The number of carbonyl (C=O) groups is 2. The van der Waals surface area contributed by atoms with Crippen molar-refractivity contribution in [2.45, 2.75) is 12.8 Å². The van der Waals surface area contributed by atoms with Crippen LogP contribution in [-0.2, 0) is 4.79 Å². The van der Waals surface area contributed by atoms with Gasteiger partial charge in [-0.3, -0.25) is 14.9 Å². The molecule has 0 unspecified atom stereocenters. The molecule has 1 heterocycles. The summed E-state index contributed by atoms with van der Waals surface area (Å²) in [5.74, 6) is -0.815. The van der Waals surface area contributed by atoms with Crippen molar-refractivity contribution < 1.29 is 14.0 Å². The van der Waals surface area contributed by atoms with E-state index in [1.165, 1.54) is 18.2 Å². The van der Waals surface area contributed by atoms with Gasteiger partial charge in [-0.05, 0) is 61.0 Å². The van der Waals surface area contributed by atoms with E-state index in [2.05, 4.69) is 10.6 Å². The molecule has 5 nitrogen and oxygen atoms in total. The topological polar surface area (TPSA) is 61.4 Å². The van der Waals surface area contributed by atoms with Crippen molar-refractivity contribution in [2.75, 3.05) is 18.4 Å². The zero-order chi connectivity index (χ0) is 19.9. The number of para-hydroxylation sites is 1. The summed E-state index contributed by atoms with van der Waals surface area (Å²) < 4.78 is 12.9. The van der Waals surface area contributed by atoms with Gasteiger partial charge < -0.3 is 10.2 Å². The number of rotatable bonds is 4. The van der Waals surface area contributed by atoms with Crippen LogP contribution in [0.2, 0.25) is 0 Å². The summed E-state index contributed by atoms with van der Waals surface area (Å²) in [7, 11) is 0. The fourth-order valence-corrected chi connectivity index (χ4v) is 3.13. The average Bonchev–Trinajstić information content (AvgIpc) is 3.22. The molecule has 2 aromatic carbocycles. The van der Waals surface area contributed by atoms with Crippen LogP contribution < -0.4 is 10.6 Å². The van der Waals surface area contributed by atoms with Gasteiger partial charge in [-0.25, -0.2) is 4.39 Å². The number of hydrogen-bond donors (Lipinski definition) is 2. The maximum Gasteiger partial charge on any atom is 0.255 e. The van der Waals surface area contributed by atoms with E-state index < -0.39 is 5.91 Å². The second kappa shape index (κ2) is 9.23. The highest BCUT2D eigenvalue weighted by molar-refractivity contribution is 7.80. The molecular formula is C21H20FN3O2S. The van der Waals surface area contributed by atoms with Crippen LogP contribution >= 0.6 is 12.2 Å². The molecule has 0 atom stereocenters. The van der Waals surface area contributed by atoms with Crippen LogP contribution in [-0.4, -0.2) is 34.9 Å². The number of carbonyl (C=O) groups excluding carboxylic acids is 2. The van der Waals surface area contributed by atoms with E-state index >= 15 is 0 Å². The van der Waals surface area contributed by atoms with Crippen molar-refractivity contribution in [3.63, 3.8) is 0 Å². The Morgan fingerprint density at radius 1 is 1.04 bits per heavy atom. The summed E-state index contributed by atoms with van der Waals surface area (Å²) >= 11 is 5.19. The minimum absolute atomic E-state index is 0.0501. The van der Waals surface area contributed by atoms with E-state index in [0.29, 0.717) is 16.8 Å². The van der Waals surface area contributed by atoms with Crippen LogP contribution in [0.15, 0.2) is 54.6 Å². The Kier molecular flexibility index (Phi) is 6.49. The molecule has 7 heteroatoms. The molecule has 0 radical (unpaired) electrons. The highest BCUT2D eigenvalue weighted by Gasteiger charge is 2.21. The van der Waals surface area contributed by atoms with Gasteiger partial charge in [0.25, 0.3) is 5.91 Å². The second-order valence-corrected chi connectivity index (χ2v) is 6.78. The fraction of sp³-hybridized carbons (Fsp3) is 0.190. The lowest BCUT2D eigenvalue weighted by atomic mass is 10.1. The van der Waals surface area contributed by atoms with Crippen molar-refractivity contribution in [1.82, 2.24) is 10.2 Å². The number of thiocarbonyl (C=S) groups is 1. The molecule has 2 aromatic rings. The zero-order valence-corrected chi connectivity index (χ0v) is 16.0. The van der Waals surface area contributed by atoms with Gasteiger partial charge in [0, 0.05) is 19.2 Å². The van der Waals surface area contributed by atoms with Crippen LogP contribution in [0, 0.1) is 5.82 Å². The van der Waals surface area contributed by atoms with Gasteiger partial charge in [0.2, 0.25) is 5.91 Å². The maximum absolute atomic E-state index is 12.9. The first kappa shape index (κ1) is 19.7. The molecule has 0 saturated carbocycles. The Morgan fingerprint density at radius 2 is 1.71 bits per heavy atom. The lowest BCUT2D eigenvalue weighted by Crippen LogP contribution is -2.34. The van der Waals surface area contributed by atoms with Crippen molar-refractivity contribution in [3.8, 4) is 0 Å². The van der Waals surface area contributed by atoms with Gasteiger partial charge in [0.05, 0.1) is 11.3 Å². The number of likely N-dealkylation sites (tertiary alicyclic amines) is 1. The minimum atomic E-state index is -0.426. The van der Waals surface area contributed by atoms with Gasteiger partial charge in [-0.1, -0.05) is 24.3 Å². The van der Waals surface area contributed by atoms with E-state index in [-0.39, 0.29) is 16.8 Å². The number of nitrogens with one attached hydrogen (secondary N) is 2. The van der Waals surface area contributed by atoms with Crippen LogP contribution in [0.1, 0.15) is 28.8 Å². The molecule has 1 saturated heterocycles. The van der Waals surface area contributed by atoms with E-state index in [1.807, 2.05) is 4.90 Å². The molecule has 1 aliphatic rings. The van der Waals surface area contributed by atoms with Gasteiger partial charge in [0.1, 0.15) is 5.82 Å².